The van der Waals surface area contributed by atoms with Crippen LogP contribution in [-0.4, -0.2) is 61.5 Å². The van der Waals surface area contributed by atoms with Crippen molar-refractivity contribution in [2.24, 2.45) is 0 Å². The normalized spacial score (nSPS) is 20.3. The number of aliphatic carboxylic acids is 1. The van der Waals surface area contributed by atoms with Crippen LogP contribution in [-0.2, 0) is 19.6 Å². The van der Waals surface area contributed by atoms with Gasteiger partial charge in [-0.25, -0.2) is 13.2 Å². The van der Waals surface area contributed by atoms with E-state index >= 15 is 0 Å². The summed E-state index contributed by atoms with van der Waals surface area (Å²) in [6.45, 7) is 1.31. The predicted octanol–water partition coefficient (Wildman–Crippen LogP) is 0.0545. The lowest BCUT2D eigenvalue weighted by atomic mass is 10.2. The molecule has 0 radical (unpaired) electrons. The van der Waals surface area contributed by atoms with Crippen molar-refractivity contribution in [2.75, 3.05) is 26.3 Å². The van der Waals surface area contributed by atoms with Gasteiger partial charge in [-0.3, -0.25) is 4.79 Å². The van der Waals surface area contributed by atoms with Crippen molar-refractivity contribution in [3.63, 3.8) is 0 Å². The molecule has 1 saturated heterocycles. The first-order valence-electron chi connectivity index (χ1n) is 7.59. The fourth-order valence-electron chi connectivity index (χ4n) is 2.52. The first-order valence-corrected chi connectivity index (χ1v) is 9.03. The molecular weight excluding hydrogens is 336 g/mol. The number of ether oxygens (including phenoxy) is 1. The number of rotatable bonds is 5. The molecular formula is C15H18N2O6S. The van der Waals surface area contributed by atoms with E-state index in [1.807, 2.05) is 0 Å². The van der Waals surface area contributed by atoms with Crippen molar-refractivity contribution >= 4 is 21.9 Å². The zero-order valence-corrected chi connectivity index (χ0v) is 13.7. The largest absolute Gasteiger partial charge is 0.480 e. The van der Waals surface area contributed by atoms with Crippen LogP contribution >= 0.6 is 0 Å². The van der Waals surface area contributed by atoms with Crippen LogP contribution in [0, 0.1) is 0 Å². The zero-order valence-electron chi connectivity index (χ0n) is 12.9. The van der Waals surface area contributed by atoms with E-state index in [9.17, 15) is 18.0 Å². The van der Waals surface area contributed by atoms with Crippen molar-refractivity contribution in [1.29, 1.82) is 0 Å². The van der Waals surface area contributed by atoms with Gasteiger partial charge in [-0.15, -0.1) is 0 Å². The number of morpholine rings is 1. The highest BCUT2D eigenvalue weighted by atomic mass is 32.2. The number of nitrogens with zero attached hydrogens (tertiary/aromatic N) is 1. The highest BCUT2D eigenvalue weighted by Gasteiger charge is 2.51. The number of amides is 1. The van der Waals surface area contributed by atoms with Crippen molar-refractivity contribution in [3.05, 3.63) is 29.8 Å². The first kappa shape index (κ1) is 16.9. The van der Waals surface area contributed by atoms with Crippen LogP contribution in [0.25, 0.3) is 0 Å². The van der Waals surface area contributed by atoms with Crippen molar-refractivity contribution in [3.8, 4) is 0 Å². The molecule has 2 N–H and O–H groups in total. The molecule has 0 spiro atoms. The van der Waals surface area contributed by atoms with Crippen molar-refractivity contribution in [1.82, 2.24) is 9.62 Å². The van der Waals surface area contributed by atoms with E-state index in [4.69, 9.17) is 9.84 Å². The molecule has 1 aromatic carbocycles. The van der Waals surface area contributed by atoms with Crippen molar-refractivity contribution in [2.45, 2.75) is 23.3 Å². The lowest BCUT2D eigenvalue weighted by Crippen LogP contribution is -2.43. The summed E-state index contributed by atoms with van der Waals surface area (Å²) in [6.07, 6.45) is 0.801. The maximum atomic E-state index is 12.5. The molecule has 1 aromatic rings. The monoisotopic (exact) mass is 354 g/mol. The zero-order chi connectivity index (χ0) is 17.4. The molecule has 9 heteroatoms. The Hall–Kier alpha value is -1.97. The number of nitrogens with one attached hydrogen (secondary N) is 1. The number of benzene rings is 1. The molecule has 8 nitrogen and oxygen atoms in total. The van der Waals surface area contributed by atoms with Gasteiger partial charge in [0.15, 0.2) is 0 Å². The van der Waals surface area contributed by atoms with Gasteiger partial charge in [0.05, 0.1) is 18.1 Å². The average molecular weight is 354 g/mol. The fraction of sp³-hybridized carbons (Fsp3) is 0.467. The standard InChI is InChI=1S/C15H18N2O6S/c18-13(16-15(5-6-15)14(19)20)11-1-3-12(4-2-11)24(21,22)17-7-9-23-10-8-17/h1-4H,5-10H2,(H,16,18)(H,19,20). The SMILES string of the molecule is O=C(NC1(C(=O)O)CC1)c1ccc(S(=O)(=O)N2CCOCC2)cc1. The van der Waals surface area contributed by atoms with Crippen LogP contribution in [0.2, 0.25) is 0 Å². The Morgan fingerprint density at radius 1 is 1.12 bits per heavy atom. The van der Waals surface area contributed by atoms with Gasteiger partial charge in [0, 0.05) is 18.7 Å². The summed E-state index contributed by atoms with van der Waals surface area (Å²) in [6, 6.07) is 5.50. The minimum Gasteiger partial charge on any atom is -0.480 e. The van der Waals surface area contributed by atoms with E-state index < -0.39 is 27.4 Å². The predicted molar refractivity (Wildman–Crippen MR) is 83.1 cm³/mol. The van der Waals surface area contributed by atoms with Gasteiger partial charge < -0.3 is 15.2 Å². The number of carboxylic acid groups (broad SMARTS) is 1. The molecule has 130 valence electrons. The summed E-state index contributed by atoms with van der Waals surface area (Å²) in [5.74, 6) is -1.58. The molecule has 0 aromatic heterocycles. The van der Waals surface area contributed by atoms with Gasteiger partial charge in [-0.2, -0.15) is 4.31 Å². The quantitative estimate of drug-likeness (QED) is 0.773. The first-order chi connectivity index (χ1) is 11.3. The molecule has 0 bridgehead atoms. The minimum atomic E-state index is -3.61. The molecule has 0 atom stereocenters. The summed E-state index contributed by atoms with van der Waals surface area (Å²) in [5.41, 5.74) is -0.946. The average Bonchev–Trinajstić information content (AvgIpc) is 3.37. The third-order valence-electron chi connectivity index (χ3n) is 4.24. The van der Waals surface area contributed by atoms with Gasteiger partial charge in [0.2, 0.25) is 10.0 Å². The number of sulfonamides is 1. The fourth-order valence-corrected chi connectivity index (χ4v) is 3.93. The Balaban J connectivity index is 1.73. The second-order valence-corrected chi connectivity index (χ2v) is 7.82. The maximum absolute atomic E-state index is 12.5. The van der Waals surface area contributed by atoms with Crippen LogP contribution in [0.1, 0.15) is 23.2 Å². The Morgan fingerprint density at radius 3 is 2.21 bits per heavy atom. The second kappa shape index (κ2) is 6.15. The van der Waals surface area contributed by atoms with Gasteiger partial charge in [0.1, 0.15) is 5.54 Å². The Kier molecular flexibility index (Phi) is 4.33. The van der Waals surface area contributed by atoms with E-state index in [-0.39, 0.29) is 10.5 Å². The minimum absolute atomic E-state index is 0.0975. The van der Waals surface area contributed by atoms with E-state index in [0.717, 1.165) is 0 Å². The van der Waals surface area contributed by atoms with Crippen LogP contribution < -0.4 is 5.32 Å². The summed E-state index contributed by atoms with van der Waals surface area (Å²) in [7, 11) is -3.61. The van der Waals surface area contributed by atoms with Crippen LogP contribution in [0.15, 0.2) is 29.2 Å². The van der Waals surface area contributed by atoms with Gasteiger partial charge in [0.25, 0.3) is 5.91 Å². The number of carbonyl (C=O) groups excluding carboxylic acids is 1. The summed E-state index contributed by atoms with van der Waals surface area (Å²) in [4.78, 5) is 23.3. The smallest absolute Gasteiger partial charge is 0.329 e. The van der Waals surface area contributed by atoms with Crippen LogP contribution in [0.4, 0.5) is 0 Å². The lowest BCUT2D eigenvalue weighted by molar-refractivity contribution is -0.140. The molecule has 1 aliphatic carbocycles. The van der Waals surface area contributed by atoms with E-state index in [2.05, 4.69) is 5.32 Å². The third-order valence-corrected chi connectivity index (χ3v) is 6.15. The molecule has 0 unspecified atom stereocenters. The Morgan fingerprint density at radius 2 is 1.71 bits per heavy atom. The van der Waals surface area contributed by atoms with Crippen molar-refractivity contribution < 1.29 is 27.9 Å². The van der Waals surface area contributed by atoms with Crippen LogP contribution in [0.3, 0.4) is 0 Å². The number of hydrogen-bond donors (Lipinski definition) is 2. The van der Waals surface area contributed by atoms with E-state index in [0.29, 0.717) is 39.1 Å². The molecule has 2 aliphatic rings. The molecule has 1 saturated carbocycles. The molecule has 3 rings (SSSR count). The second-order valence-electron chi connectivity index (χ2n) is 5.88. The van der Waals surface area contributed by atoms with E-state index in [1.165, 1.54) is 28.6 Å². The number of hydrogen-bond acceptors (Lipinski definition) is 5. The molecule has 2 fully saturated rings. The van der Waals surface area contributed by atoms with E-state index in [1.54, 1.807) is 0 Å². The summed E-state index contributed by atoms with van der Waals surface area (Å²) < 4.78 is 31.5. The Bertz CT molecular complexity index is 749. The van der Waals surface area contributed by atoms with Gasteiger partial charge in [-0.1, -0.05) is 0 Å². The maximum Gasteiger partial charge on any atom is 0.329 e. The molecule has 24 heavy (non-hydrogen) atoms. The highest BCUT2D eigenvalue weighted by molar-refractivity contribution is 7.89. The number of carbonyl (C=O) groups is 2. The van der Waals surface area contributed by atoms with Gasteiger partial charge in [-0.05, 0) is 37.1 Å². The topological polar surface area (TPSA) is 113 Å². The Labute approximate surface area is 139 Å². The van der Waals surface area contributed by atoms with Gasteiger partial charge >= 0.3 is 5.97 Å². The molecule has 1 aliphatic heterocycles. The third kappa shape index (κ3) is 3.14. The van der Waals surface area contributed by atoms with Crippen LogP contribution in [0.5, 0.6) is 0 Å². The number of carboxylic acids is 1. The molecule has 1 amide bonds. The lowest BCUT2D eigenvalue weighted by Gasteiger charge is -2.26. The summed E-state index contributed by atoms with van der Waals surface area (Å²) >= 11 is 0. The highest BCUT2D eigenvalue weighted by Crippen LogP contribution is 2.35. The molecule has 1 heterocycles. The summed E-state index contributed by atoms with van der Waals surface area (Å²) in [5, 5.41) is 11.6.